The molecule has 0 fully saturated rings. The lowest BCUT2D eigenvalue weighted by Crippen LogP contribution is -2.38. The lowest BCUT2D eigenvalue weighted by Gasteiger charge is -2.23. The minimum atomic E-state index is -1.34. The van der Waals surface area contributed by atoms with Crippen LogP contribution in [0.25, 0.3) is 17.0 Å². The van der Waals surface area contributed by atoms with E-state index < -0.39 is 22.6 Å². The molecule has 12 heteroatoms. The van der Waals surface area contributed by atoms with Crippen molar-refractivity contribution < 1.29 is 38.5 Å². The van der Waals surface area contributed by atoms with Crippen molar-refractivity contribution in [2.45, 2.75) is 45.4 Å². The topological polar surface area (TPSA) is 141 Å². The van der Waals surface area contributed by atoms with Gasteiger partial charge in [0.25, 0.3) is 5.09 Å². The highest BCUT2D eigenvalue weighted by molar-refractivity contribution is 5.87. The largest absolute Gasteiger partial charge is 0.493 e. The van der Waals surface area contributed by atoms with Crippen LogP contribution in [0.15, 0.2) is 78.9 Å². The first-order valence-corrected chi connectivity index (χ1v) is 14.3. The Balaban J connectivity index is 1.37. The molecule has 0 atom stereocenters. The Hall–Kier alpha value is -5.23. The number of esters is 2. The van der Waals surface area contributed by atoms with Crippen molar-refractivity contribution in [3.63, 3.8) is 0 Å². The smallest absolute Gasteiger partial charge is 0.343 e. The maximum Gasteiger partial charge on any atom is 0.343 e. The predicted octanol–water partition coefficient (Wildman–Crippen LogP) is 5.54. The molecule has 0 unspecified atom stereocenters. The molecule has 0 bridgehead atoms. The monoisotopic (exact) mass is 617 g/mol. The molecule has 0 aliphatic rings. The van der Waals surface area contributed by atoms with E-state index in [0.717, 1.165) is 16.5 Å². The van der Waals surface area contributed by atoms with E-state index in [9.17, 15) is 19.7 Å². The summed E-state index contributed by atoms with van der Waals surface area (Å²) >= 11 is 0. The first kappa shape index (κ1) is 32.7. The number of nitrogens with zero attached hydrogens (tertiary/aromatic N) is 3. The molecule has 1 heterocycles. The van der Waals surface area contributed by atoms with Crippen LogP contribution in [0.1, 0.15) is 43.5 Å². The van der Waals surface area contributed by atoms with Gasteiger partial charge in [0.05, 0.1) is 44.7 Å². The van der Waals surface area contributed by atoms with Crippen molar-refractivity contribution in [1.82, 2.24) is 9.78 Å². The standard InChI is InChI=1S/C33H35N3O9/c1-33(2,43-23-27-26-13-7-8-14-28(26)35(34-27)22-25-11-5-4-6-12-25)32(38)45-30-21-24(15-17-29(30)41-3)16-18-31(37)42-19-9-10-20-44-36(39)40/h4-8,11-18,21H,9-10,19-20,22-23H2,1-3H3/b18-16+. The number of benzene rings is 3. The summed E-state index contributed by atoms with van der Waals surface area (Å²) in [6, 6.07) is 22.8. The maximum absolute atomic E-state index is 13.3. The first-order chi connectivity index (χ1) is 21.7. The average Bonchev–Trinajstić information content (AvgIpc) is 3.38. The number of carbonyl (C=O) groups is 2. The Labute approximate surface area is 260 Å². The van der Waals surface area contributed by atoms with E-state index in [1.54, 1.807) is 32.0 Å². The third-order valence-electron chi connectivity index (χ3n) is 6.75. The number of methoxy groups -OCH3 is 1. The molecule has 0 aliphatic heterocycles. The van der Waals surface area contributed by atoms with Crippen LogP contribution in [0.4, 0.5) is 0 Å². The third kappa shape index (κ3) is 9.38. The van der Waals surface area contributed by atoms with Crippen LogP contribution in [-0.2, 0) is 37.1 Å². The number of para-hydroxylation sites is 1. The molecule has 3 aromatic carbocycles. The fourth-order valence-electron chi connectivity index (χ4n) is 4.32. The van der Waals surface area contributed by atoms with Crippen LogP contribution in [0.3, 0.4) is 0 Å². The van der Waals surface area contributed by atoms with Crippen molar-refractivity contribution in [3.05, 3.63) is 106 Å². The van der Waals surface area contributed by atoms with Gasteiger partial charge in [0.1, 0.15) is 0 Å². The molecule has 0 N–H and O–H groups in total. The van der Waals surface area contributed by atoms with Gasteiger partial charge in [-0.05, 0) is 62.1 Å². The summed E-state index contributed by atoms with van der Waals surface area (Å²) in [6.45, 7) is 3.94. The average molecular weight is 618 g/mol. The van der Waals surface area contributed by atoms with Crippen LogP contribution in [0.2, 0.25) is 0 Å². The highest BCUT2D eigenvalue weighted by Crippen LogP contribution is 2.31. The van der Waals surface area contributed by atoms with Crippen LogP contribution in [0, 0.1) is 10.1 Å². The van der Waals surface area contributed by atoms with Gasteiger partial charge in [-0.25, -0.2) is 9.59 Å². The maximum atomic E-state index is 13.3. The fraction of sp³-hybridized carbons (Fsp3) is 0.303. The van der Waals surface area contributed by atoms with Gasteiger partial charge < -0.3 is 23.8 Å². The Bertz CT molecular complexity index is 1650. The Morgan fingerprint density at radius 3 is 2.47 bits per heavy atom. The van der Waals surface area contributed by atoms with Gasteiger partial charge in [0.2, 0.25) is 0 Å². The molecule has 0 spiro atoms. The van der Waals surface area contributed by atoms with E-state index in [0.29, 0.717) is 36.4 Å². The molecule has 12 nitrogen and oxygen atoms in total. The number of aromatic nitrogens is 2. The van der Waals surface area contributed by atoms with Crippen molar-refractivity contribution >= 4 is 28.9 Å². The van der Waals surface area contributed by atoms with E-state index in [2.05, 4.69) is 4.84 Å². The zero-order chi connectivity index (χ0) is 32.2. The first-order valence-electron chi connectivity index (χ1n) is 14.3. The van der Waals surface area contributed by atoms with Crippen molar-refractivity contribution in [2.75, 3.05) is 20.3 Å². The summed E-state index contributed by atoms with van der Waals surface area (Å²) in [4.78, 5) is 39.7. The molecule has 0 saturated carbocycles. The van der Waals surface area contributed by atoms with Crippen molar-refractivity contribution in [1.29, 1.82) is 0 Å². The van der Waals surface area contributed by atoms with Crippen LogP contribution >= 0.6 is 0 Å². The normalized spacial score (nSPS) is 11.4. The summed E-state index contributed by atoms with van der Waals surface area (Å²) in [5.74, 6) is -0.761. The Kier molecular flexibility index (Phi) is 11.2. The minimum Gasteiger partial charge on any atom is -0.493 e. The van der Waals surface area contributed by atoms with E-state index in [-0.39, 0.29) is 25.6 Å². The lowest BCUT2D eigenvalue weighted by molar-refractivity contribution is -0.757. The second-order valence-corrected chi connectivity index (χ2v) is 10.5. The SMILES string of the molecule is COc1ccc(/C=C/C(=O)OCCCCO[N+](=O)[O-])cc1OC(=O)C(C)(C)OCc1nn(Cc2ccccc2)c2ccccc12. The highest BCUT2D eigenvalue weighted by Gasteiger charge is 2.32. The number of hydrogen-bond acceptors (Lipinski definition) is 10. The van der Waals surface area contributed by atoms with Crippen LogP contribution in [0.5, 0.6) is 11.5 Å². The van der Waals surface area contributed by atoms with E-state index in [4.69, 9.17) is 24.0 Å². The Morgan fingerprint density at radius 1 is 0.978 bits per heavy atom. The second-order valence-electron chi connectivity index (χ2n) is 10.5. The molecular formula is C33H35N3O9. The number of hydrogen-bond donors (Lipinski definition) is 0. The van der Waals surface area contributed by atoms with Crippen LogP contribution in [-0.4, -0.2) is 52.7 Å². The van der Waals surface area contributed by atoms with Gasteiger partial charge in [0, 0.05) is 11.5 Å². The summed E-state index contributed by atoms with van der Waals surface area (Å²) in [7, 11) is 1.45. The quantitative estimate of drug-likeness (QED) is 0.0393. The molecule has 1 aromatic heterocycles. The molecule has 0 radical (unpaired) electrons. The number of rotatable bonds is 16. The zero-order valence-electron chi connectivity index (χ0n) is 25.3. The summed E-state index contributed by atoms with van der Waals surface area (Å²) in [5, 5.41) is 15.0. The van der Waals surface area contributed by atoms with E-state index in [1.165, 1.54) is 19.3 Å². The number of carbonyl (C=O) groups excluding carboxylic acids is 2. The van der Waals surface area contributed by atoms with Gasteiger partial charge in [-0.3, -0.25) is 4.68 Å². The van der Waals surface area contributed by atoms with Crippen molar-refractivity contribution in [2.24, 2.45) is 0 Å². The molecular weight excluding hydrogens is 582 g/mol. The predicted molar refractivity (Wildman–Crippen MR) is 165 cm³/mol. The van der Waals surface area contributed by atoms with Gasteiger partial charge in [-0.2, -0.15) is 5.10 Å². The van der Waals surface area contributed by atoms with E-state index in [1.807, 2.05) is 59.3 Å². The molecule has 0 aliphatic carbocycles. The highest BCUT2D eigenvalue weighted by atomic mass is 16.9. The molecule has 0 amide bonds. The summed E-state index contributed by atoms with van der Waals surface area (Å²) in [6.07, 6.45) is 3.53. The second kappa shape index (κ2) is 15.5. The zero-order valence-corrected chi connectivity index (χ0v) is 25.3. The van der Waals surface area contributed by atoms with Gasteiger partial charge in [-0.15, -0.1) is 10.1 Å². The van der Waals surface area contributed by atoms with E-state index >= 15 is 0 Å². The number of unbranched alkanes of at least 4 members (excludes halogenated alkanes) is 1. The number of fused-ring (bicyclic) bond motifs is 1. The van der Waals surface area contributed by atoms with Crippen LogP contribution < -0.4 is 9.47 Å². The summed E-state index contributed by atoms with van der Waals surface area (Å²) in [5.41, 5.74) is 1.99. The lowest BCUT2D eigenvalue weighted by atomic mass is 10.1. The van der Waals surface area contributed by atoms with Gasteiger partial charge in [0.15, 0.2) is 17.1 Å². The molecule has 236 valence electrons. The van der Waals surface area contributed by atoms with Gasteiger partial charge in [-0.1, -0.05) is 54.6 Å². The van der Waals surface area contributed by atoms with Crippen molar-refractivity contribution in [3.8, 4) is 11.5 Å². The molecule has 45 heavy (non-hydrogen) atoms. The Morgan fingerprint density at radius 2 is 1.71 bits per heavy atom. The summed E-state index contributed by atoms with van der Waals surface area (Å²) < 4.78 is 24.2. The molecule has 4 aromatic rings. The third-order valence-corrected chi connectivity index (χ3v) is 6.75. The van der Waals surface area contributed by atoms with Gasteiger partial charge >= 0.3 is 11.9 Å². The fourth-order valence-corrected chi connectivity index (χ4v) is 4.32. The molecule has 0 saturated heterocycles. The number of ether oxygens (including phenoxy) is 4. The molecule has 4 rings (SSSR count). The minimum absolute atomic E-state index is 0.0638.